The van der Waals surface area contributed by atoms with Gasteiger partial charge in [-0.1, -0.05) is 6.92 Å². The normalized spacial score (nSPS) is 14.7. The molecule has 0 bridgehead atoms. The van der Waals surface area contributed by atoms with Gasteiger partial charge in [-0.3, -0.25) is 9.48 Å². The minimum atomic E-state index is -4.36. The van der Waals surface area contributed by atoms with E-state index in [9.17, 15) is 18.0 Å². The molecule has 1 amide bonds. The molecule has 0 spiro atoms. The number of aryl methyl sites for hydroxylation is 1. The number of aliphatic hydroxyl groups excluding tert-OH is 1. The predicted octanol–water partition coefficient (Wildman–Crippen LogP) is 1.91. The highest BCUT2D eigenvalue weighted by molar-refractivity contribution is 5.83. The van der Waals surface area contributed by atoms with Crippen molar-refractivity contribution in [2.24, 2.45) is 5.92 Å². The smallest absolute Gasteiger partial charge is 0.396 e. The van der Waals surface area contributed by atoms with Crippen LogP contribution in [0.2, 0.25) is 0 Å². The number of halogens is 3. The molecule has 0 radical (unpaired) electrons. The van der Waals surface area contributed by atoms with Crippen LogP contribution in [0.4, 0.5) is 13.2 Å². The van der Waals surface area contributed by atoms with Crippen LogP contribution < -0.4 is 5.32 Å². The van der Waals surface area contributed by atoms with Gasteiger partial charge in [0, 0.05) is 24.4 Å². The molecule has 0 aromatic carbocycles. The Morgan fingerprint density at radius 2 is 1.95 bits per heavy atom. The Morgan fingerprint density at radius 3 is 2.45 bits per heavy atom. The van der Waals surface area contributed by atoms with Crippen molar-refractivity contribution in [1.29, 1.82) is 0 Å². The number of carbonyl (C=O) groups is 1. The first-order valence-corrected chi connectivity index (χ1v) is 7.06. The largest absolute Gasteiger partial charge is 0.408 e. The molecular weight excluding hydrogens is 299 g/mol. The summed E-state index contributed by atoms with van der Waals surface area (Å²) in [5.74, 6) is -0.975. The summed E-state index contributed by atoms with van der Waals surface area (Å²) < 4.78 is 38.4. The number of hydrogen-bond donors (Lipinski definition) is 2. The van der Waals surface area contributed by atoms with Crippen molar-refractivity contribution in [2.75, 3.05) is 13.2 Å². The highest BCUT2D eigenvalue weighted by Gasteiger charge is 2.31. The van der Waals surface area contributed by atoms with Gasteiger partial charge in [0.05, 0.1) is 11.6 Å². The summed E-state index contributed by atoms with van der Waals surface area (Å²) in [7, 11) is 0. The molecule has 0 saturated heterocycles. The predicted molar refractivity (Wildman–Crippen MR) is 75.4 cm³/mol. The molecule has 1 aromatic heterocycles. The number of nitrogens with zero attached hydrogens (tertiary/aromatic N) is 2. The average molecular weight is 321 g/mol. The Morgan fingerprint density at radius 1 is 1.36 bits per heavy atom. The van der Waals surface area contributed by atoms with E-state index >= 15 is 0 Å². The van der Waals surface area contributed by atoms with Crippen LogP contribution in [-0.2, 0) is 11.3 Å². The highest BCUT2D eigenvalue weighted by Crippen LogP contribution is 2.26. The van der Waals surface area contributed by atoms with E-state index in [1.807, 2.05) is 0 Å². The molecule has 0 saturated carbocycles. The molecule has 2 unspecified atom stereocenters. The van der Waals surface area contributed by atoms with Crippen LogP contribution in [-0.4, -0.2) is 40.1 Å². The maximum atomic E-state index is 12.5. The number of carbonyl (C=O) groups excluding carboxylic acids is 1. The number of alkyl halides is 3. The maximum absolute atomic E-state index is 12.5. The number of rotatable bonds is 6. The quantitative estimate of drug-likeness (QED) is 0.841. The maximum Gasteiger partial charge on any atom is 0.408 e. The Bertz CT molecular complexity index is 526. The van der Waals surface area contributed by atoms with Gasteiger partial charge in [0.1, 0.15) is 6.54 Å². The molecule has 5 nitrogen and oxygen atoms in total. The minimum absolute atomic E-state index is 0.0454. The lowest BCUT2D eigenvalue weighted by Crippen LogP contribution is -2.33. The van der Waals surface area contributed by atoms with E-state index in [4.69, 9.17) is 5.11 Å². The number of aliphatic hydroxyl groups is 1. The van der Waals surface area contributed by atoms with Crippen LogP contribution in [0.15, 0.2) is 0 Å². The van der Waals surface area contributed by atoms with Gasteiger partial charge >= 0.3 is 6.18 Å². The standard InChI is InChI=1S/C14H22F3N3O2/c1-8(6-21)5-18-13(22)9(2)12-10(3)19-20(11(12)4)7-14(15,16)17/h8-9,21H,5-7H2,1-4H3,(H,18,22). The summed E-state index contributed by atoms with van der Waals surface area (Å²) in [6.07, 6.45) is -4.36. The summed E-state index contributed by atoms with van der Waals surface area (Å²) in [6.45, 7) is 5.63. The van der Waals surface area contributed by atoms with E-state index in [1.165, 1.54) is 6.92 Å². The van der Waals surface area contributed by atoms with E-state index in [-0.39, 0.29) is 18.4 Å². The van der Waals surface area contributed by atoms with E-state index in [0.717, 1.165) is 4.68 Å². The van der Waals surface area contributed by atoms with Gasteiger partial charge in [-0.05, 0) is 26.7 Å². The molecule has 2 N–H and O–H groups in total. The zero-order valence-corrected chi connectivity index (χ0v) is 13.2. The first kappa shape index (κ1) is 18.5. The third-order valence-corrected chi connectivity index (χ3v) is 3.53. The Hall–Kier alpha value is -1.57. The molecular formula is C14H22F3N3O2. The molecule has 1 rings (SSSR count). The second-order valence-corrected chi connectivity index (χ2v) is 5.61. The lowest BCUT2D eigenvalue weighted by Gasteiger charge is -2.15. The topological polar surface area (TPSA) is 67.2 Å². The van der Waals surface area contributed by atoms with Crippen LogP contribution in [0.3, 0.4) is 0 Å². The van der Waals surface area contributed by atoms with Crippen molar-refractivity contribution in [3.63, 3.8) is 0 Å². The molecule has 0 aliphatic heterocycles. The first-order chi connectivity index (χ1) is 10.1. The summed E-state index contributed by atoms with van der Waals surface area (Å²) in [4.78, 5) is 12.1. The van der Waals surface area contributed by atoms with E-state index in [0.29, 0.717) is 23.5 Å². The monoisotopic (exact) mass is 321 g/mol. The first-order valence-electron chi connectivity index (χ1n) is 7.06. The lowest BCUT2D eigenvalue weighted by molar-refractivity contribution is -0.143. The Balaban J connectivity index is 2.89. The van der Waals surface area contributed by atoms with Gasteiger partial charge in [0.25, 0.3) is 0 Å². The summed E-state index contributed by atoms with van der Waals surface area (Å²) >= 11 is 0. The molecule has 126 valence electrons. The Kier molecular flexibility index (Phi) is 5.99. The van der Waals surface area contributed by atoms with Crippen molar-refractivity contribution in [3.05, 3.63) is 17.0 Å². The average Bonchev–Trinajstić information content (AvgIpc) is 2.67. The number of aromatic nitrogens is 2. The summed E-state index contributed by atoms with van der Waals surface area (Å²) in [6, 6.07) is 0. The molecule has 0 fully saturated rings. The second kappa shape index (κ2) is 7.13. The third kappa shape index (κ3) is 4.72. The molecule has 2 atom stereocenters. The van der Waals surface area contributed by atoms with E-state index < -0.39 is 18.6 Å². The van der Waals surface area contributed by atoms with Crippen LogP contribution in [0.1, 0.15) is 36.7 Å². The number of amides is 1. The van der Waals surface area contributed by atoms with Crippen molar-refractivity contribution in [3.8, 4) is 0 Å². The van der Waals surface area contributed by atoms with Crippen molar-refractivity contribution >= 4 is 5.91 Å². The van der Waals surface area contributed by atoms with Crippen LogP contribution in [0.5, 0.6) is 0 Å². The molecule has 0 aliphatic carbocycles. The molecule has 0 aliphatic rings. The summed E-state index contributed by atoms with van der Waals surface area (Å²) in [5, 5.41) is 15.5. The molecule has 1 heterocycles. The third-order valence-electron chi connectivity index (χ3n) is 3.53. The van der Waals surface area contributed by atoms with Gasteiger partial charge in [-0.25, -0.2) is 0 Å². The second-order valence-electron chi connectivity index (χ2n) is 5.61. The van der Waals surface area contributed by atoms with Gasteiger partial charge in [-0.15, -0.1) is 0 Å². The van der Waals surface area contributed by atoms with Crippen molar-refractivity contribution < 1.29 is 23.1 Å². The molecule has 22 heavy (non-hydrogen) atoms. The van der Waals surface area contributed by atoms with Crippen molar-refractivity contribution in [1.82, 2.24) is 15.1 Å². The van der Waals surface area contributed by atoms with Crippen molar-refractivity contribution in [2.45, 2.75) is 46.3 Å². The number of hydrogen-bond acceptors (Lipinski definition) is 3. The fourth-order valence-corrected chi connectivity index (χ4v) is 2.28. The van der Waals surface area contributed by atoms with Gasteiger partial charge in [0.2, 0.25) is 5.91 Å². The highest BCUT2D eigenvalue weighted by atomic mass is 19.4. The van der Waals surface area contributed by atoms with Gasteiger partial charge < -0.3 is 10.4 Å². The fraction of sp³-hybridized carbons (Fsp3) is 0.714. The summed E-state index contributed by atoms with van der Waals surface area (Å²) in [5.41, 5.74) is 1.27. The SMILES string of the molecule is Cc1nn(CC(F)(F)F)c(C)c1C(C)C(=O)NCC(C)CO. The molecule has 1 aromatic rings. The lowest BCUT2D eigenvalue weighted by atomic mass is 9.98. The van der Waals surface area contributed by atoms with Crippen LogP contribution in [0.25, 0.3) is 0 Å². The minimum Gasteiger partial charge on any atom is -0.396 e. The fourth-order valence-electron chi connectivity index (χ4n) is 2.28. The van der Waals surface area contributed by atoms with Gasteiger partial charge in [0.15, 0.2) is 0 Å². The van der Waals surface area contributed by atoms with E-state index in [1.54, 1.807) is 20.8 Å². The van der Waals surface area contributed by atoms with Gasteiger partial charge in [-0.2, -0.15) is 18.3 Å². The number of nitrogens with one attached hydrogen (secondary N) is 1. The van der Waals surface area contributed by atoms with E-state index in [2.05, 4.69) is 10.4 Å². The van der Waals surface area contributed by atoms with Crippen LogP contribution in [0, 0.1) is 19.8 Å². The van der Waals surface area contributed by atoms with Crippen LogP contribution >= 0.6 is 0 Å². The zero-order chi connectivity index (χ0) is 17.1. The Labute approximate surface area is 127 Å². The zero-order valence-electron chi connectivity index (χ0n) is 13.2. The molecule has 8 heteroatoms.